The van der Waals surface area contributed by atoms with Gasteiger partial charge in [-0.15, -0.1) is 0 Å². The molecule has 0 aliphatic rings. The quantitative estimate of drug-likeness (QED) is 0.727. The molecule has 0 fully saturated rings. The first-order valence-corrected chi connectivity index (χ1v) is 8.30. The van der Waals surface area contributed by atoms with Gasteiger partial charge < -0.3 is 10.6 Å². The molecular weight excluding hydrogens is 422 g/mol. The van der Waals surface area contributed by atoms with Crippen LogP contribution in [-0.2, 0) is 6.54 Å². The highest BCUT2D eigenvalue weighted by atomic mass is 127. The predicted octanol–water partition coefficient (Wildman–Crippen LogP) is 3.40. The number of hydrogen-bond acceptors (Lipinski definition) is 3. The summed E-state index contributed by atoms with van der Waals surface area (Å²) in [7, 11) is 4.03. The molecule has 1 aromatic heterocycles. The summed E-state index contributed by atoms with van der Waals surface area (Å²) in [6.45, 7) is 1.60. The van der Waals surface area contributed by atoms with Crippen LogP contribution in [-0.4, -0.2) is 35.3 Å². The van der Waals surface area contributed by atoms with Gasteiger partial charge in [-0.3, -0.25) is 4.68 Å². The number of hydrogen-bond donors (Lipinski definition) is 1. The molecule has 2 N–H and O–H groups in total. The second kappa shape index (κ2) is 7.28. The summed E-state index contributed by atoms with van der Waals surface area (Å²) in [5.41, 5.74) is 8.11. The van der Waals surface area contributed by atoms with Crippen LogP contribution in [0.5, 0.6) is 0 Å². The van der Waals surface area contributed by atoms with Gasteiger partial charge in [-0.1, -0.05) is 29.3 Å². The van der Waals surface area contributed by atoms with Gasteiger partial charge in [0, 0.05) is 10.1 Å². The van der Waals surface area contributed by atoms with Crippen LogP contribution in [0.3, 0.4) is 0 Å². The van der Waals surface area contributed by atoms with Gasteiger partial charge in [0.2, 0.25) is 0 Å². The normalized spacial score (nSPS) is 12.9. The highest BCUT2D eigenvalue weighted by molar-refractivity contribution is 14.1. The Bertz CT molecular complexity index is 627. The first kappa shape index (κ1) is 17.0. The van der Waals surface area contributed by atoms with Gasteiger partial charge in [-0.05, 0) is 54.4 Å². The van der Waals surface area contributed by atoms with Crippen molar-refractivity contribution in [2.24, 2.45) is 5.73 Å². The lowest BCUT2D eigenvalue weighted by Gasteiger charge is -2.17. The second-order valence-electron chi connectivity index (χ2n) is 5.06. The predicted molar refractivity (Wildman–Crippen MR) is 96.0 cm³/mol. The van der Waals surface area contributed by atoms with Gasteiger partial charge in [0.15, 0.2) is 0 Å². The van der Waals surface area contributed by atoms with Gasteiger partial charge in [0.1, 0.15) is 0 Å². The molecule has 0 aliphatic heterocycles. The van der Waals surface area contributed by atoms with E-state index in [1.807, 2.05) is 37.0 Å². The fourth-order valence-corrected chi connectivity index (χ4v) is 2.80. The van der Waals surface area contributed by atoms with E-state index in [0.29, 0.717) is 10.0 Å². The van der Waals surface area contributed by atoms with E-state index in [1.165, 1.54) is 0 Å². The zero-order valence-corrected chi connectivity index (χ0v) is 15.5. The Morgan fingerprint density at radius 2 is 2.05 bits per heavy atom. The molecule has 0 spiro atoms. The fourth-order valence-electron chi connectivity index (χ4n) is 2.02. The number of halogens is 3. The maximum atomic E-state index is 6.37. The van der Waals surface area contributed by atoms with Crippen molar-refractivity contribution in [2.45, 2.75) is 12.6 Å². The van der Waals surface area contributed by atoms with Crippen molar-refractivity contribution in [3.63, 3.8) is 0 Å². The van der Waals surface area contributed by atoms with Crippen molar-refractivity contribution in [1.82, 2.24) is 14.7 Å². The molecule has 1 atom stereocenters. The topological polar surface area (TPSA) is 47.1 Å². The molecule has 1 heterocycles. The van der Waals surface area contributed by atoms with Crippen LogP contribution < -0.4 is 5.73 Å². The Morgan fingerprint density at radius 3 is 2.67 bits per heavy atom. The molecule has 7 heteroatoms. The van der Waals surface area contributed by atoms with Crippen molar-refractivity contribution < 1.29 is 0 Å². The van der Waals surface area contributed by atoms with Crippen LogP contribution in [0.15, 0.2) is 24.4 Å². The highest BCUT2D eigenvalue weighted by Gasteiger charge is 2.19. The Morgan fingerprint density at radius 1 is 1.33 bits per heavy atom. The molecule has 0 saturated heterocycles. The minimum Gasteiger partial charge on any atom is -0.319 e. The van der Waals surface area contributed by atoms with E-state index in [1.54, 1.807) is 6.20 Å². The third-order valence-corrected chi connectivity index (χ3v) is 5.05. The Labute approximate surface area is 148 Å². The summed E-state index contributed by atoms with van der Waals surface area (Å²) < 4.78 is 2.86. The fraction of sp³-hybridized carbons (Fsp3) is 0.357. The van der Waals surface area contributed by atoms with Gasteiger partial charge in [0.25, 0.3) is 0 Å². The van der Waals surface area contributed by atoms with Crippen LogP contribution >= 0.6 is 45.8 Å². The van der Waals surface area contributed by atoms with Gasteiger partial charge in [0.05, 0.1) is 34.5 Å². The summed E-state index contributed by atoms with van der Waals surface area (Å²) in [4.78, 5) is 2.09. The molecule has 0 aliphatic carbocycles. The zero-order chi connectivity index (χ0) is 15.6. The largest absolute Gasteiger partial charge is 0.319 e. The number of rotatable bonds is 5. The van der Waals surface area contributed by atoms with Crippen LogP contribution in [0, 0.1) is 3.57 Å². The average molecular weight is 439 g/mol. The Balaban J connectivity index is 2.31. The number of nitrogens with two attached hydrogens (primary N) is 1. The number of nitrogens with zero attached hydrogens (tertiary/aromatic N) is 3. The molecule has 4 nitrogen and oxygen atoms in total. The number of benzene rings is 1. The molecule has 114 valence electrons. The van der Waals surface area contributed by atoms with Crippen LogP contribution in [0.25, 0.3) is 0 Å². The second-order valence-corrected chi connectivity index (χ2v) is 7.03. The highest BCUT2D eigenvalue weighted by Crippen LogP contribution is 2.29. The van der Waals surface area contributed by atoms with Crippen molar-refractivity contribution >= 4 is 45.8 Å². The maximum absolute atomic E-state index is 6.37. The monoisotopic (exact) mass is 438 g/mol. The van der Waals surface area contributed by atoms with Gasteiger partial charge in [-0.25, -0.2) is 0 Å². The van der Waals surface area contributed by atoms with Gasteiger partial charge in [-0.2, -0.15) is 5.10 Å². The van der Waals surface area contributed by atoms with E-state index < -0.39 is 0 Å². The van der Waals surface area contributed by atoms with Crippen molar-refractivity contribution in [2.75, 3.05) is 20.6 Å². The Kier molecular flexibility index (Phi) is 5.90. The van der Waals surface area contributed by atoms with Crippen LogP contribution in [0.1, 0.15) is 17.3 Å². The SMILES string of the molecule is CN(C)CCn1ncc(Cl)c1C(N)c1ccc(I)c(Cl)c1. The van der Waals surface area contributed by atoms with Crippen LogP contribution in [0.2, 0.25) is 10.0 Å². The molecule has 1 aromatic carbocycles. The molecule has 1 unspecified atom stereocenters. The summed E-state index contributed by atoms with van der Waals surface area (Å²) in [5, 5.41) is 5.59. The van der Waals surface area contributed by atoms with Crippen molar-refractivity contribution in [1.29, 1.82) is 0 Å². The summed E-state index contributed by atoms with van der Waals surface area (Å²) in [6.07, 6.45) is 1.64. The standard InChI is InChI=1S/C14H17Cl2IN4/c1-20(2)5-6-21-14(11(16)8-19-21)13(18)9-3-4-12(17)10(15)7-9/h3-4,7-8,13H,5-6,18H2,1-2H3. The first-order valence-electron chi connectivity index (χ1n) is 6.46. The van der Waals surface area contributed by atoms with Crippen molar-refractivity contribution in [3.8, 4) is 0 Å². The van der Waals surface area contributed by atoms with E-state index >= 15 is 0 Å². The molecule has 0 saturated carbocycles. The van der Waals surface area contributed by atoms with E-state index in [2.05, 4.69) is 32.6 Å². The molecule has 2 aromatic rings. The number of aromatic nitrogens is 2. The lowest BCUT2D eigenvalue weighted by atomic mass is 10.0. The van der Waals surface area contributed by atoms with Crippen LogP contribution in [0.4, 0.5) is 0 Å². The lowest BCUT2D eigenvalue weighted by Crippen LogP contribution is -2.23. The zero-order valence-electron chi connectivity index (χ0n) is 11.9. The third-order valence-electron chi connectivity index (χ3n) is 3.19. The maximum Gasteiger partial charge on any atom is 0.0837 e. The minimum atomic E-state index is -0.350. The van der Waals surface area contributed by atoms with Crippen molar-refractivity contribution in [3.05, 3.63) is 49.3 Å². The van der Waals surface area contributed by atoms with Gasteiger partial charge >= 0.3 is 0 Å². The van der Waals surface area contributed by atoms with E-state index in [9.17, 15) is 0 Å². The summed E-state index contributed by atoms with van der Waals surface area (Å²) in [5.74, 6) is 0. The Hall–Kier alpha value is -0.340. The molecular formula is C14H17Cl2IN4. The summed E-state index contributed by atoms with van der Waals surface area (Å²) in [6, 6.07) is 5.45. The minimum absolute atomic E-state index is 0.350. The van der Waals surface area contributed by atoms with E-state index in [4.69, 9.17) is 28.9 Å². The van der Waals surface area contributed by atoms with E-state index in [0.717, 1.165) is 27.9 Å². The molecule has 0 radical (unpaired) electrons. The average Bonchev–Trinajstić information content (AvgIpc) is 2.80. The van der Waals surface area contributed by atoms with E-state index in [-0.39, 0.29) is 6.04 Å². The first-order chi connectivity index (χ1) is 9.90. The number of likely N-dealkylation sites (N-methyl/N-ethyl adjacent to an activating group) is 1. The molecule has 0 amide bonds. The lowest BCUT2D eigenvalue weighted by molar-refractivity contribution is 0.368. The smallest absolute Gasteiger partial charge is 0.0837 e. The molecule has 2 rings (SSSR count). The third kappa shape index (κ3) is 4.10. The molecule has 0 bridgehead atoms. The summed E-state index contributed by atoms with van der Waals surface area (Å²) >= 11 is 14.6. The molecule has 21 heavy (non-hydrogen) atoms.